The van der Waals surface area contributed by atoms with Crippen molar-refractivity contribution in [1.29, 1.82) is 0 Å². The molecule has 44 heavy (non-hydrogen) atoms. The highest BCUT2D eigenvalue weighted by molar-refractivity contribution is 7.26. The average Bonchev–Trinajstić information content (AvgIpc) is 3.68. The van der Waals surface area contributed by atoms with Crippen LogP contribution < -0.4 is 0 Å². The van der Waals surface area contributed by atoms with Gasteiger partial charge >= 0.3 is 0 Å². The fraction of sp³-hybridized carbons (Fsp3) is 0. The van der Waals surface area contributed by atoms with Gasteiger partial charge in [0.2, 0.25) is 0 Å². The molecular weight excluding hydrogens is 557 g/mol. The van der Waals surface area contributed by atoms with Gasteiger partial charge in [0, 0.05) is 53.2 Å². The van der Waals surface area contributed by atoms with Gasteiger partial charge in [-0.05, 0) is 29.8 Å². The molecule has 6 aromatic carbocycles. The highest BCUT2D eigenvalue weighted by atomic mass is 32.1. The summed E-state index contributed by atoms with van der Waals surface area (Å²) >= 11 is 1.85. The molecule has 0 fully saturated rings. The summed E-state index contributed by atoms with van der Waals surface area (Å²) in [4.78, 5) is 10.1. The summed E-state index contributed by atoms with van der Waals surface area (Å²) in [6.07, 6.45) is 0. The van der Waals surface area contributed by atoms with Gasteiger partial charge in [0.1, 0.15) is 11.2 Å². The molecule has 0 atom stereocenters. The topological polar surface area (TPSA) is 38.9 Å². The lowest BCUT2D eigenvalue weighted by molar-refractivity contribution is 0.670. The van der Waals surface area contributed by atoms with Gasteiger partial charge < -0.3 is 4.42 Å². The molecule has 0 saturated heterocycles. The molecule has 0 amide bonds. The first-order valence-corrected chi connectivity index (χ1v) is 15.5. The van der Waals surface area contributed by atoms with E-state index in [1.54, 1.807) is 0 Å². The molecule has 0 radical (unpaired) electrons. The number of aromatic nitrogens is 2. The zero-order valence-electron chi connectivity index (χ0n) is 23.6. The van der Waals surface area contributed by atoms with E-state index in [0.717, 1.165) is 50.0 Å². The van der Waals surface area contributed by atoms with E-state index in [2.05, 4.69) is 109 Å². The second kappa shape index (κ2) is 10.0. The molecule has 0 spiro atoms. The van der Waals surface area contributed by atoms with Gasteiger partial charge in [0.05, 0.1) is 11.4 Å². The van der Waals surface area contributed by atoms with E-state index in [4.69, 9.17) is 14.4 Å². The summed E-state index contributed by atoms with van der Waals surface area (Å²) in [5.74, 6) is 0.687. The van der Waals surface area contributed by atoms with Crippen molar-refractivity contribution in [3.8, 4) is 45.0 Å². The Morgan fingerprint density at radius 2 is 1.11 bits per heavy atom. The second-order valence-corrected chi connectivity index (χ2v) is 12.0. The van der Waals surface area contributed by atoms with E-state index in [1.807, 2.05) is 47.7 Å². The molecule has 9 aromatic rings. The Bertz CT molecular complexity index is 2440. The summed E-state index contributed by atoms with van der Waals surface area (Å²) in [5, 5.41) is 4.78. The minimum absolute atomic E-state index is 0.687. The molecule has 0 aliphatic heterocycles. The average molecular weight is 581 g/mol. The molecule has 0 bridgehead atoms. The maximum Gasteiger partial charge on any atom is 0.160 e. The minimum atomic E-state index is 0.687. The van der Waals surface area contributed by atoms with Crippen molar-refractivity contribution in [2.75, 3.05) is 0 Å². The number of hydrogen-bond acceptors (Lipinski definition) is 4. The van der Waals surface area contributed by atoms with Gasteiger partial charge in [0.15, 0.2) is 5.82 Å². The maximum atomic E-state index is 6.71. The van der Waals surface area contributed by atoms with E-state index in [1.165, 1.54) is 31.3 Å². The van der Waals surface area contributed by atoms with Crippen LogP contribution in [0.3, 0.4) is 0 Å². The Morgan fingerprint density at radius 1 is 0.477 bits per heavy atom. The van der Waals surface area contributed by atoms with Gasteiger partial charge in [0.25, 0.3) is 0 Å². The maximum absolute atomic E-state index is 6.71. The van der Waals surface area contributed by atoms with Crippen LogP contribution in [0.15, 0.2) is 150 Å². The van der Waals surface area contributed by atoms with Gasteiger partial charge in [-0.15, -0.1) is 11.3 Å². The standard InChI is InChI=1S/C40H24N2OS/c1-3-12-25(13-4-1)33-24-34(42-40(41-33)26-14-5-2-6-15-26)31-20-10-21-32-37-28(17-11-22-35(37)43-38(31)32)30-19-9-18-29-27-16-7-8-23-36(27)44-39(29)30/h1-24H. The van der Waals surface area contributed by atoms with E-state index in [0.29, 0.717) is 5.82 Å². The number of hydrogen-bond donors (Lipinski definition) is 0. The number of nitrogens with zero attached hydrogens (tertiary/aromatic N) is 2. The van der Waals surface area contributed by atoms with E-state index < -0.39 is 0 Å². The third-order valence-electron chi connectivity index (χ3n) is 8.32. The van der Waals surface area contributed by atoms with Crippen LogP contribution in [0.1, 0.15) is 0 Å². The molecule has 0 aliphatic rings. The first-order valence-electron chi connectivity index (χ1n) is 14.7. The van der Waals surface area contributed by atoms with Crippen LogP contribution in [0, 0.1) is 0 Å². The summed E-state index contributed by atoms with van der Waals surface area (Å²) in [6, 6.07) is 50.5. The molecule has 0 N–H and O–H groups in total. The van der Waals surface area contributed by atoms with Crippen molar-refractivity contribution in [3.05, 3.63) is 146 Å². The first-order chi connectivity index (χ1) is 21.8. The lowest BCUT2D eigenvalue weighted by atomic mass is 9.97. The van der Waals surface area contributed by atoms with Crippen LogP contribution in [0.25, 0.3) is 87.1 Å². The van der Waals surface area contributed by atoms with Crippen LogP contribution in [-0.4, -0.2) is 9.97 Å². The lowest BCUT2D eigenvalue weighted by Gasteiger charge is -2.10. The Morgan fingerprint density at radius 3 is 1.95 bits per heavy atom. The highest BCUT2D eigenvalue weighted by Crippen LogP contribution is 2.45. The molecule has 0 saturated carbocycles. The molecule has 0 unspecified atom stereocenters. The number of fused-ring (bicyclic) bond motifs is 6. The number of para-hydroxylation sites is 1. The Kier molecular flexibility index (Phi) is 5.68. The third kappa shape index (κ3) is 3.96. The van der Waals surface area contributed by atoms with Gasteiger partial charge in [-0.1, -0.05) is 121 Å². The number of rotatable bonds is 4. The lowest BCUT2D eigenvalue weighted by Crippen LogP contribution is -1.96. The smallest absolute Gasteiger partial charge is 0.160 e. The number of furan rings is 1. The third-order valence-corrected chi connectivity index (χ3v) is 9.54. The zero-order chi connectivity index (χ0) is 29.0. The van der Waals surface area contributed by atoms with E-state index >= 15 is 0 Å². The minimum Gasteiger partial charge on any atom is -0.455 e. The summed E-state index contributed by atoms with van der Waals surface area (Å²) < 4.78 is 9.30. The van der Waals surface area contributed by atoms with Crippen LogP contribution >= 0.6 is 11.3 Å². The first kappa shape index (κ1) is 25.0. The van der Waals surface area contributed by atoms with Gasteiger partial charge in [-0.25, -0.2) is 9.97 Å². The van der Waals surface area contributed by atoms with Crippen molar-refractivity contribution in [3.63, 3.8) is 0 Å². The van der Waals surface area contributed by atoms with Crippen LogP contribution in [0.5, 0.6) is 0 Å². The van der Waals surface area contributed by atoms with Crippen molar-refractivity contribution in [1.82, 2.24) is 9.97 Å². The molecule has 4 heteroatoms. The Balaban J connectivity index is 1.29. The summed E-state index contributed by atoms with van der Waals surface area (Å²) in [7, 11) is 0. The number of benzene rings is 6. The van der Waals surface area contributed by atoms with E-state index in [9.17, 15) is 0 Å². The molecule has 206 valence electrons. The number of thiophene rings is 1. The van der Waals surface area contributed by atoms with Crippen molar-refractivity contribution < 1.29 is 4.42 Å². The molecule has 0 aliphatic carbocycles. The van der Waals surface area contributed by atoms with Crippen molar-refractivity contribution >= 4 is 53.4 Å². The van der Waals surface area contributed by atoms with Crippen LogP contribution in [0.4, 0.5) is 0 Å². The highest BCUT2D eigenvalue weighted by Gasteiger charge is 2.20. The molecular formula is C40H24N2OS. The molecule has 3 aromatic heterocycles. The quantitative estimate of drug-likeness (QED) is 0.208. The normalized spacial score (nSPS) is 11.6. The zero-order valence-corrected chi connectivity index (χ0v) is 24.4. The predicted molar refractivity (Wildman–Crippen MR) is 184 cm³/mol. The van der Waals surface area contributed by atoms with Gasteiger partial charge in [-0.3, -0.25) is 0 Å². The Labute approximate surface area is 257 Å². The largest absolute Gasteiger partial charge is 0.455 e. The SMILES string of the molecule is c1ccc(-c2cc(-c3cccc4c3oc3cccc(-c5cccc6c5sc5ccccc56)c34)nc(-c3ccccc3)n2)cc1. The van der Waals surface area contributed by atoms with Crippen molar-refractivity contribution in [2.24, 2.45) is 0 Å². The van der Waals surface area contributed by atoms with Crippen LogP contribution in [0.2, 0.25) is 0 Å². The summed E-state index contributed by atoms with van der Waals surface area (Å²) in [6.45, 7) is 0. The molecule has 9 rings (SSSR count). The monoisotopic (exact) mass is 580 g/mol. The fourth-order valence-electron chi connectivity index (χ4n) is 6.29. The van der Waals surface area contributed by atoms with Crippen molar-refractivity contribution in [2.45, 2.75) is 0 Å². The predicted octanol–water partition coefficient (Wildman–Crippen LogP) is 11.4. The molecule has 3 nitrogen and oxygen atoms in total. The second-order valence-electron chi connectivity index (χ2n) is 10.9. The van der Waals surface area contributed by atoms with Crippen LogP contribution in [-0.2, 0) is 0 Å². The molecule has 3 heterocycles. The van der Waals surface area contributed by atoms with Gasteiger partial charge in [-0.2, -0.15) is 0 Å². The summed E-state index contributed by atoms with van der Waals surface area (Å²) in [5.41, 5.74) is 8.76. The van der Waals surface area contributed by atoms with E-state index in [-0.39, 0.29) is 0 Å². The Hall–Kier alpha value is -5.58. The fourth-order valence-corrected chi connectivity index (χ4v) is 7.52.